The Balaban J connectivity index is 2.57. The largest absolute Gasteiger partial charge is 0.368 e. The third kappa shape index (κ3) is 6.57. The molecule has 0 heterocycles. The monoisotopic (exact) mass is 370 g/mol. The molecule has 0 aromatic heterocycles. The van der Waals surface area contributed by atoms with Gasteiger partial charge in [0.25, 0.3) is 0 Å². The van der Waals surface area contributed by atoms with E-state index in [1.54, 1.807) is 24.3 Å². The molecule has 8 heteroatoms. The maximum absolute atomic E-state index is 11.9. The summed E-state index contributed by atoms with van der Waals surface area (Å²) in [7, 11) is 0. The van der Waals surface area contributed by atoms with Crippen molar-refractivity contribution in [2.75, 3.05) is 11.9 Å². The van der Waals surface area contributed by atoms with Gasteiger partial charge in [-0.2, -0.15) is 0 Å². The topological polar surface area (TPSA) is 113 Å². The first kappa shape index (κ1) is 18.0. The van der Waals surface area contributed by atoms with Gasteiger partial charge in [-0.25, -0.2) is 4.79 Å². The molecule has 0 spiro atoms. The lowest BCUT2D eigenvalue weighted by Gasteiger charge is -2.17. The highest BCUT2D eigenvalue weighted by molar-refractivity contribution is 9.10. The molecule has 0 saturated heterocycles. The summed E-state index contributed by atoms with van der Waals surface area (Å²) in [5.74, 6) is -1.07. The molecule has 1 atom stereocenters. The number of anilines is 1. The molecule has 120 valence electrons. The SMILES string of the molecule is CCC[C@H](NC(=O)Nc1ccc(Br)cc1)C(=O)NCC(N)=O. The van der Waals surface area contributed by atoms with Gasteiger partial charge in [0.1, 0.15) is 6.04 Å². The number of amides is 4. The number of primary amides is 1. The fourth-order valence-corrected chi connectivity index (χ4v) is 1.98. The van der Waals surface area contributed by atoms with E-state index in [0.29, 0.717) is 18.5 Å². The summed E-state index contributed by atoms with van der Waals surface area (Å²) in [6, 6.07) is 5.82. The Labute approximate surface area is 137 Å². The van der Waals surface area contributed by atoms with Crippen molar-refractivity contribution >= 4 is 39.5 Å². The first-order valence-corrected chi connectivity index (χ1v) is 7.60. The number of halogens is 1. The minimum absolute atomic E-state index is 0.255. The lowest BCUT2D eigenvalue weighted by molar-refractivity contribution is -0.126. The Morgan fingerprint density at radius 1 is 1.23 bits per heavy atom. The van der Waals surface area contributed by atoms with E-state index < -0.39 is 23.9 Å². The van der Waals surface area contributed by atoms with Crippen LogP contribution in [0.15, 0.2) is 28.7 Å². The molecule has 0 saturated carbocycles. The van der Waals surface area contributed by atoms with Crippen LogP contribution in [0.2, 0.25) is 0 Å². The molecule has 0 bridgehead atoms. The molecule has 7 nitrogen and oxygen atoms in total. The molecule has 1 rings (SSSR count). The molecular formula is C14H19BrN4O3. The summed E-state index contributed by atoms with van der Waals surface area (Å²) >= 11 is 3.30. The predicted molar refractivity (Wildman–Crippen MR) is 87.2 cm³/mol. The molecule has 4 amide bonds. The van der Waals surface area contributed by atoms with Gasteiger partial charge in [0.2, 0.25) is 11.8 Å². The van der Waals surface area contributed by atoms with E-state index in [4.69, 9.17) is 5.73 Å². The van der Waals surface area contributed by atoms with Crippen molar-refractivity contribution in [2.24, 2.45) is 5.73 Å². The standard InChI is InChI=1S/C14H19BrN4O3/c1-2-3-11(13(21)17-8-12(16)20)19-14(22)18-10-6-4-9(15)5-7-10/h4-7,11H,2-3,8H2,1H3,(H2,16,20)(H,17,21)(H2,18,19,22)/t11-/m0/s1. The first-order chi connectivity index (χ1) is 10.4. The van der Waals surface area contributed by atoms with Gasteiger partial charge in [-0.1, -0.05) is 29.3 Å². The minimum Gasteiger partial charge on any atom is -0.368 e. The number of rotatable bonds is 7. The van der Waals surface area contributed by atoms with Crippen molar-refractivity contribution in [1.82, 2.24) is 10.6 Å². The van der Waals surface area contributed by atoms with Crippen molar-refractivity contribution in [3.05, 3.63) is 28.7 Å². The summed E-state index contributed by atoms with van der Waals surface area (Å²) in [5.41, 5.74) is 5.58. The summed E-state index contributed by atoms with van der Waals surface area (Å²) < 4.78 is 0.896. The molecule has 0 aliphatic heterocycles. The predicted octanol–water partition coefficient (Wildman–Crippen LogP) is 1.34. The van der Waals surface area contributed by atoms with Crippen molar-refractivity contribution in [3.8, 4) is 0 Å². The Bertz CT molecular complexity index is 533. The summed E-state index contributed by atoms with van der Waals surface area (Å²) in [6.45, 7) is 1.64. The maximum Gasteiger partial charge on any atom is 0.319 e. The van der Waals surface area contributed by atoms with Crippen molar-refractivity contribution in [2.45, 2.75) is 25.8 Å². The van der Waals surface area contributed by atoms with Gasteiger partial charge in [-0.3, -0.25) is 9.59 Å². The van der Waals surface area contributed by atoms with Crippen LogP contribution in [0.1, 0.15) is 19.8 Å². The van der Waals surface area contributed by atoms with Crippen LogP contribution in [0.5, 0.6) is 0 Å². The summed E-state index contributed by atoms with van der Waals surface area (Å²) in [6.07, 6.45) is 1.16. The molecule has 0 aliphatic carbocycles. The number of urea groups is 1. The lowest BCUT2D eigenvalue weighted by Crippen LogP contribution is -2.49. The molecule has 1 aromatic rings. The van der Waals surface area contributed by atoms with Crippen LogP contribution in [0, 0.1) is 0 Å². The highest BCUT2D eigenvalue weighted by Gasteiger charge is 2.20. The average molecular weight is 371 g/mol. The van der Waals surface area contributed by atoms with Crippen LogP contribution >= 0.6 is 15.9 Å². The van der Waals surface area contributed by atoms with Gasteiger partial charge in [-0.05, 0) is 30.7 Å². The zero-order chi connectivity index (χ0) is 16.5. The van der Waals surface area contributed by atoms with Crippen molar-refractivity contribution < 1.29 is 14.4 Å². The molecule has 22 heavy (non-hydrogen) atoms. The van der Waals surface area contributed by atoms with Crippen LogP contribution in [0.25, 0.3) is 0 Å². The smallest absolute Gasteiger partial charge is 0.319 e. The third-order valence-corrected chi connectivity index (χ3v) is 3.27. The fourth-order valence-electron chi connectivity index (χ4n) is 1.71. The summed E-state index contributed by atoms with van der Waals surface area (Å²) in [5, 5.41) is 7.60. The molecule has 0 radical (unpaired) electrons. The van der Waals surface area contributed by atoms with Crippen LogP contribution in [0.3, 0.4) is 0 Å². The zero-order valence-corrected chi connectivity index (χ0v) is 13.8. The highest BCUT2D eigenvalue weighted by Crippen LogP contribution is 2.14. The third-order valence-electron chi connectivity index (χ3n) is 2.74. The highest BCUT2D eigenvalue weighted by atomic mass is 79.9. The van der Waals surface area contributed by atoms with Gasteiger partial charge in [-0.15, -0.1) is 0 Å². The molecule has 1 aromatic carbocycles. The Kier molecular flexibility index (Phi) is 7.38. The van der Waals surface area contributed by atoms with Gasteiger partial charge in [0.05, 0.1) is 6.54 Å². The molecule has 0 aliphatic rings. The lowest BCUT2D eigenvalue weighted by atomic mass is 10.1. The molecule has 5 N–H and O–H groups in total. The van der Waals surface area contributed by atoms with Crippen LogP contribution in [0.4, 0.5) is 10.5 Å². The first-order valence-electron chi connectivity index (χ1n) is 6.81. The zero-order valence-electron chi connectivity index (χ0n) is 12.2. The van der Waals surface area contributed by atoms with Gasteiger partial charge in [0.15, 0.2) is 0 Å². The number of carbonyl (C=O) groups excluding carboxylic acids is 3. The van der Waals surface area contributed by atoms with E-state index in [1.165, 1.54) is 0 Å². The van der Waals surface area contributed by atoms with E-state index in [1.807, 2.05) is 6.92 Å². The van der Waals surface area contributed by atoms with Gasteiger partial charge >= 0.3 is 6.03 Å². The second kappa shape index (κ2) is 9.04. The normalized spacial score (nSPS) is 11.4. The number of hydrogen-bond acceptors (Lipinski definition) is 3. The van der Waals surface area contributed by atoms with E-state index in [2.05, 4.69) is 31.9 Å². The van der Waals surface area contributed by atoms with E-state index in [9.17, 15) is 14.4 Å². The summed E-state index contributed by atoms with van der Waals surface area (Å²) in [4.78, 5) is 34.5. The van der Waals surface area contributed by atoms with Gasteiger partial charge < -0.3 is 21.7 Å². The second-order valence-corrected chi connectivity index (χ2v) is 5.55. The number of nitrogens with two attached hydrogens (primary N) is 1. The Morgan fingerprint density at radius 3 is 2.41 bits per heavy atom. The Morgan fingerprint density at radius 2 is 1.86 bits per heavy atom. The molecular weight excluding hydrogens is 352 g/mol. The van der Waals surface area contributed by atoms with Crippen molar-refractivity contribution in [3.63, 3.8) is 0 Å². The minimum atomic E-state index is -0.722. The van der Waals surface area contributed by atoms with Gasteiger partial charge in [0, 0.05) is 10.2 Å². The van der Waals surface area contributed by atoms with E-state index in [0.717, 1.165) is 4.47 Å². The Hall–Kier alpha value is -2.09. The number of hydrogen-bond donors (Lipinski definition) is 4. The van der Waals surface area contributed by atoms with Crippen LogP contribution in [-0.2, 0) is 9.59 Å². The second-order valence-electron chi connectivity index (χ2n) is 4.63. The number of carbonyl (C=O) groups is 3. The number of benzene rings is 1. The van der Waals surface area contributed by atoms with Crippen molar-refractivity contribution in [1.29, 1.82) is 0 Å². The molecule has 0 unspecified atom stereocenters. The van der Waals surface area contributed by atoms with Crippen LogP contribution in [-0.4, -0.2) is 30.4 Å². The average Bonchev–Trinajstić information content (AvgIpc) is 2.46. The molecule has 0 fully saturated rings. The van der Waals surface area contributed by atoms with Crippen LogP contribution < -0.4 is 21.7 Å². The maximum atomic E-state index is 11.9. The van der Waals surface area contributed by atoms with E-state index >= 15 is 0 Å². The number of nitrogens with one attached hydrogen (secondary N) is 3. The fraction of sp³-hybridized carbons (Fsp3) is 0.357. The van der Waals surface area contributed by atoms with E-state index in [-0.39, 0.29) is 6.54 Å². The quantitative estimate of drug-likeness (QED) is 0.580.